The highest BCUT2D eigenvalue weighted by atomic mass is 16.2. The molecule has 6 heteroatoms. The number of amides is 1. The number of carbonyl (C=O) groups excluding carboxylic acids is 1. The summed E-state index contributed by atoms with van der Waals surface area (Å²) in [5.74, 6) is -0.486. The first-order chi connectivity index (χ1) is 8.08. The van der Waals surface area contributed by atoms with Crippen LogP contribution in [0.5, 0.6) is 0 Å². The molecule has 0 atom stereocenters. The number of nitrogens with zero attached hydrogens (tertiary/aromatic N) is 3. The molecular weight excluding hydrogens is 220 g/mol. The summed E-state index contributed by atoms with van der Waals surface area (Å²) in [6, 6.07) is 6.83. The summed E-state index contributed by atoms with van der Waals surface area (Å²) >= 11 is 0. The predicted molar refractivity (Wildman–Crippen MR) is 61.5 cm³/mol. The van der Waals surface area contributed by atoms with E-state index in [1.807, 2.05) is 6.07 Å². The predicted octanol–water partition coefficient (Wildman–Crippen LogP) is -0.271. The summed E-state index contributed by atoms with van der Waals surface area (Å²) < 4.78 is 2.71. The van der Waals surface area contributed by atoms with Gasteiger partial charge in [-0.15, -0.1) is 0 Å². The van der Waals surface area contributed by atoms with E-state index in [0.29, 0.717) is 12.1 Å². The van der Waals surface area contributed by atoms with Gasteiger partial charge >= 0.3 is 5.69 Å². The number of hydrogen-bond donors (Lipinski definition) is 1. The molecule has 2 N–H and O–H groups in total. The highest BCUT2D eigenvalue weighted by molar-refractivity contribution is 5.92. The third-order valence-corrected chi connectivity index (χ3v) is 2.43. The molecule has 6 nitrogen and oxygen atoms in total. The lowest BCUT2D eigenvalue weighted by molar-refractivity contribution is 0.1000. The standard InChI is InChI=1S/C11H12N4O2/c1-14-7-13-15(11(14)17)6-8-3-2-4-9(5-8)10(12)16/h2-5,7H,6H2,1H3,(H2,12,16). The minimum Gasteiger partial charge on any atom is -0.366 e. The molecule has 0 spiro atoms. The molecule has 0 aliphatic rings. The molecule has 1 aromatic carbocycles. The number of primary amides is 1. The molecule has 0 bridgehead atoms. The van der Waals surface area contributed by atoms with Crippen LogP contribution in [-0.4, -0.2) is 20.3 Å². The summed E-state index contributed by atoms with van der Waals surface area (Å²) in [4.78, 5) is 22.6. The summed E-state index contributed by atoms with van der Waals surface area (Å²) in [5, 5.41) is 3.94. The Bertz CT molecular complexity index is 612. The molecule has 17 heavy (non-hydrogen) atoms. The largest absolute Gasteiger partial charge is 0.366 e. The van der Waals surface area contributed by atoms with Gasteiger partial charge in [0.2, 0.25) is 5.91 Å². The zero-order valence-electron chi connectivity index (χ0n) is 9.33. The molecule has 2 aromatic rings. The summed E-state index contributed by atoms with van der Waals surface area (Å²) in [5.41, 5.74) is 6.21. The van der Waals surface area contributed by atoms with Crippen LogP contribution in [0.3, 0.4) is 0 Å². The van der Waals surface area contributed by atoms with Crippen LogP contribution in [0.15, 0.2) is 35.4 Å². The maximum absolute atomic E-state index is 11.6. The molecule has 1 heterocycles. The van der Waals surface area contributed by atoms with Crippen LogP contribution in [0.25, 0.3) is 0 Å². The molecule has 1 amide bonds. The molecule has 88 valence electrons. The van der Waals surface area contributed by atoms with Gasteiger partial charge in [0.15, 0.2) is 0 Å². The first-order valence-electron chi connectivity index (χ1n) is 5.05. The van der Waals surface area contributed by atoms with E-state index in [1.54, 1.807) is 25.2 Å². The fraction of sp³-hybridized carbons (Fsp3) is 0.182. The number of benzene rings is 1. The monoisotopic (exact) mass is 232 g/mol. The molecule has 0 saturated heterocycles. The summed E-state index contributed by atoms with van der Waals surface area (Å²) in [6.45, 7) is 0.320. The zero-order valence-corrected chi connectivity index (χ0v) is 9.33. The second-order valence-electron chi connectivity index (χ2n) is 3.75. The Kier molecular flexibility index (Phi) is 2.78. The van der Waals surface area contributed by atoms with Crippen molar-refractivity contribution in [3.63, 3.8) is 0 Å². The minimum atomic E-state index is -0.486. The molecule has 2 rings (SSSR count). The number of rotatable bonds is 3. The Morgan fingerprint density at radius 1 is 1.47 bits per heavy atom. The number of aryl methyl sites for hydroxylation is 1. The van der Waals surface area contributed by atoms with Crippen molar-refractivity contribution in [2.75, 3.05) is 0 Å². The molecule has 0 unspecified atom stereocenters. The fourth-order valence-electron chi connectivity index (χ4n) is 1.52. The molecule has 0 fully saturated rings. The average Bonchev–Trinajstić information content (AvgIpc) is 2.61. The molecule has 0 aliphatic heterocycles. The van der Waals surface area contributed by atoms with Gasteiger partial charge in [0.05, 0.1) is 6.54 Å². The van der Waals surface area contributed by atoms with Crippen LogP contribution in [0.4, 0.5) is 0 Å². The maximum Gasteiger partial charge on any atom is 0.345 e. The highest BCUT2D eigenvalue weighted by Gasteiger charge is 2.05. The first kappa shape index (κ1) is 11.1. The maximum atomic E-state index is 11.6. The van der Waals surface area contributed by atoms with Gasteiger partial charge in [-0.3, -0.25) is 9.36 Å². The second-order valence-corrected chi connectivity index (χ2v) is 3.75. The zero-order chi connectivity index (χ0) is 12.4. The van der Waals surface area contributed by atoms with Crippen molar-refractivity contribution in [1.29, 1.82) is 0 Å². The van der Waals surface area contributed by atoms with Crippen LogP contribution in [0.1, 0.15) is 15.9 Å². The van der Waals surface area contributed by atoms with Gasteiger partial charge in [-0.2, -0.15) is 5.10 Å². The topological polar surface area (TPSA) is 82.9 Å². The normalized spacial score (nSPS) is 10.4. The lowest BCUT2D eigenvalue weighted by atomic mass is 10.1. The first-order valence-corrected chi connectivity index (χ1v) is 5.05. The van der Waals surface area contributed by atoms with E-state index in [1.165, 1.54) is 15.6 Å². The number of hydrogen-bond acceptors (Lipinski definition) is 3. The van der Waals surface area contributed by atoms with E-state index in [2.05, 4.69) is 5.10 Å². The van der Waals surface area contributed by atoms with Crippen molar-refractivity contribution >= 4 is 5.91 Å². The Hall–Kier alpha value is -2.37. The smallest absolute Gasteiger partial charge is 0.345 e. The number of carbonyl (C=O) groups is 1. The van der Waals surface area contributed by atoms with E-state index < -0.39 is 5.91 Å². The van der Waals surface area contributed by atoms with Crippen LogP contribution in [0, 0.1) is 0 Å². The van der Waals surface area contributed by atoms with Crippen molar-refractivity contribution < 1.29 is 4.79 Å². The van der Waals surface area contributed by atoms with Gasteiger partial charge in [0.25, 0.3) is 0 Å². The van der Waals surface area contributed by atoms with E-state index in [4.69, 9.17) is 5.73 Å². The second kappa shape index (κ2) is 4.25. The van der Waals surface area contributed by atoms with Crippen molar-refractivity contribution in [1.82, 2.24) is 14.3 Å². The van der Waals surface area contributed by atoms with Crippen molar-refractivity contribution in [2.24, 2.45) is 12.8 Å². The van der Waals surface area contributed by atoms with Crippen LogP contribution >= 0.6 is 0 Å². The molecule has 0 radical (unpaired) electrons. The van der Waals surface area contributed by atoms with Gasteiger partial charge < -0.3 is 5.73 Å². The Morgan fingerprint density at radius 3 is 2.82 bits per heavy atom. The van der Waals surface area contributed by atoms with E-state index in [0.717, 1.165) is 5.56 Å². The van der Waals surface area contributed by atoms with Crippen LogP contribution in [0.2, 0.25) is 0 Å². The van der Waals surface area contributed by atoms with Crippen LogP contribution in [-0.2, 0) is 13.6 Å². The van der Waals surface area contributed by atoms with Gasteiger partial charge in [0.1, 0.15) is 6.33 Å². The summed E-state index contributed by atoms with van der Waals surface area (Å²) in [6.07, 6.45) is 1.44. The van der Waals surface area contributed by atoms with Gasteiger partial charge in [-0.05, 0) is 17.7 Å². The Labute approximate surface area is 97.3 Å². The molecule has 1 aromatic heterocycles. The van der Waals surface area contributed by atoms with Crippen LogP contribution < -0.4 is 11.4 Å². The lowest BCUT2D eigenvalue weighted by Crippen LogP contribution is -2.23. The molecule has 0 saturated carbocycles. The quantitative estimate of drug-likeness (QED) is 0.790. The van der Waals surface area contributed by atoms with Gasteiger partial charge in [-0.1, -0.05) is 12.1 Å². The van der Waals surface area contributed by atoms with Crippen molar-refractivity contribution in [3.8, 4) is 0 Å². The van der Waals surface area contributed by atoms with E-state index >= 15 is 0 Å². The van der Waals surface area contributed by atoms with Crippen molar-refractivity contribution in [2.45, 2.75) is 6.54 Å². The highest BCUT2D eigenvalue weighted by Crippen LogP contribution is 2.05. The Morgan fingerprint density at radius 2 is 2.24 bits per heavy atom. The van der Waals surface area contributed by atoms with E-state index in [-0.39, 0.29) is 5.69 Å². The van der Waals surface area contributed by atoms with Gasteiger partial charge in [0, 0.05) is 12.6 Å². The SMILES string of the molecule is Cn1cnn(Cc2cccc(C(N)=O)c2)c1=O. The van der Waals surface area contributed by atoms with E-state index in [9.17, 15) is 9.59 Å². The Balaban J connectivity index is 2.30. The fourth-order valence-corrected chi connectivity index (χ4v) is 1.52. The third kappa shape index (κ3) is 2.25. The number of aromatic nitrogens is 3. The van der Waals surface area contributed by atoms with Crippen molar-refractivity contribution in [3.05, 3.63) is 52.2 Å². The summed E-state index contributed by atoms with van der Waals surface area (Å²) in [7, 11) is 1.63. The van der Waals surface area contributed by atoms with Gasteiger partial charge in [-0.25, -0.2) is 9.48 Å². The number of nitrogens with two attached hydrogens (primary N) is 1. The minimum absolute atomic E-state index is 0.200. The third-order valence-electron chi connectivity index (χ3n) is 2.43. The average molecular weight is 232 g/mol. The molecule has 0 aliphatic carbocycles. The molecular formula is C11H12N4O2. The lowest BCUT2D eigenvalue weighted by Gasteiger charge is -2.02.